The fourth-order valence-electron chi connectivity index (χ4n) is 1.78. The van der Waals surface area contributed by atoms with Crippen LogP contribution in [0.5, 0.6) is 11.5 Å². The predicted molar refractivity (Wildman–Crippen MR) is 69.0 cm³/mol. The molecule has 3 nitrogen and oxygen atoms in total. The Morgan fingerprint density at radius 1 is 1.30 bits per heavy atom. The first-order valence-corrected chi connectivity index (χ1v) is 6.58. The number of hydrogen-bond acceptors (Lipinski definition) is 3. The zero-order valence-electron chi connectivity index (χ0n) is 11.3. The van der Waals surface area contributed by atoms with Gasteiger partial charge in [0.15, 0.2) is 0 Å². The monoisotopic (exact) mass is 289 g/mol. The molecule has 1 saturated carbocycles. The molecule has 1 fully saturated rings. The molecule has 0 bridgehead atoms. The molecule has 0 radical (unpaired) electrons. The van der Waals surface area contributed by atoms with E-state index in [-0.39, 0.29) is 6.61 Å². The Hall–Kier alpha value is -1.43. The topological polar surface area (TPSA) is 30.5 Å². The van der Waals surface area contributed by atoms with E-state index < -0.39 is 12.6 Å². The van der Waals surface area contributed by atoms with Crippen LogP contribution in [0.2, 0.25) is 0 Å². The lowest BCUT2D eigenvalue weighted by atomic mass is 10.2. The van der Waals surface area contributed by atoms with Crippen LogP contribution in [0.3, 0.4) is 0 Å². The highest BCUT2D eigenvalue weighted by Crippen LogP contribution is 2.27. The van der Waals surface area contributed by atoms with Crippen LogP contribution in [0.1, 0.15) is 24.8 Å². The molecule has 0 aromatic heterocycles. The number of methoxy groups -OCH3 is 1. The standard InChI is InChI=1S/C14H18F3NO2/c1-19-12-4-5-13(20-7-6-14(15,16)17)10(8-12)9-18-11-2-3-11/h4-5,8,11,18H,2-3,6-7,9H2,1H3. The zero-order chi connectivity index (χ0) is 14.6. The summed E-state index contributed by atoms with van der Waals surface area (Å²) in [4.78, 5) is 0. The fraction of sp³-hybridized carbons (Fsp3) is 0.571. The molecule has 0 spiro atoms. The van der Waals surface area contributed by atoms with Gasteiger partial charge in [-0.2, -0.15) is 13.2 Å². The Kier molecular flexibility index (Phi) is 4.75. The van der Waals surface area contributed by atoms with E-state index in [4.69, 9.17) is 9.47 Å². The van der Waals surface area contributed by atoms with E-state index in [0.717, 1.165) is 18.4 Å². The van der Waals surface area contributed by atoms with Crippen molar-refractivity contribution in [3.05, 3.63) is 23.8 Å². The van der Waals surface area contributed by atoms with Crippen LogP contribution in [0.4, 0.5) is 13.2 Å². The molecule has 1 aromatic carbocycles. The maximum Gasteiger partial charge on any atom is 0.392 e. The summed E-state index contributed by atoms with van der Waals surface area (Å²) in [6.07, 6.45) is -2.85. The Labute approximate surface area is 116 Å². The summed E-state index contributed by atoms with van der Waals surface area (Å²) in [5, 5.41) is 3.31. The van der Waals surface area contributed by atoms with Gasteiger partial charge in [-0.15, -0.1) is 0 Å². The van der Waals surface area contributed by atoms with Crippen molar-refractivity contribution in [3.8, 4) is 11.5 Å². The van der Waals surface area contributed by atoms with Gasteiger partial charge in [-0.05, 0) is 31.0 Å². The van der Waals surface area contributed by atoms with Gasteiger partial charge >= 0.3 is 6.18 Å². The van der Waals surface area contributed by atoms with Gasteiger partial charge in [-0.3, -0.25) is 0 Å². The summed E-state index contributed by atoms with van der Waals surface area (Å²) in [6.45, 7) is 0.204. The molecule has 0 atom stereocenters. The molecule has 1 N–H and O–H groups in total. The van der Waals surface area contributed by atoms with Crippen LogP contribution in [0.15, 0.2) is 18.2 Å². The normalized spacial score (nSPS) is 15.2. The molecule has 6 heteroatoms. The molecule has 1 aliphatic carbocycles. The van der Waals surface area contributed by atoms with Crippen LogP contribution >= 0.6 is 0 Å². The number of halogens is 3. The first-order valence-electron chi connectivity index (χ1n) is 6.58. The first-order chi connectivity index (χ1) is 9.48. The van der Waals surface area contributed by atoms with Crippen molar-refractivity contribution >= 4 is 0 Å². The van der Waals surface area contributed by atoms with Crippen LogP contribution < -0.4 is 14.8 Å². The maximum absolute atomic E-state index is 12.1. The van der Waals surface area contributed by atoms with E-state index >= 15 is 0 Å². The highest BCUT2D eigenvalue weighted by atomic mass is 19.4. The number of alkyl halides is 3. The van der Waals surface area contributed by atoms with E-state index in [1.165, 1.54) is 0 Å². The molecule has 0 amide bonds. The molecule has 1 aliphatic rings. The molecule has 20 heavy (non-hydrogen) atoms. The second kappa shape index (κ2) is 6.35. The maximum atomic E-state index is 12.1. The Balaban J connectivity index is 1.97. The lowest BCUT2D eigenvalue weighted by Crippen LogP contribution is -2.17. The molecule has 112 valence electrons. The van der Waals surface area contributed by atoms with Gasteiger partial charge in [-0.25, -0.2) is 0 Å². The van der Waals surface area contributed by atoms with Gasteiger partial charge < -0.3 is 14.8 Å². The lowest BCUT2D eigenvalue weighted by Gasteiger charge is -2.14. The summed E-state index contributed by atoms with van der Waals surface area (Å²) in [6, 6.07) is 5.64. The van der Waals surface area contributed by atoms with Gasteiger partial charge in [0.2, 0.25) is 0 Å². The van der Waals surface area contributed by atoms with Gasteiger partial charge in [0.1, 0.15) is 11.5 Å². The van der Waals surface area contributed by atoms with Crippen molar-refractivity contribution in [2.75, 3.05) is 13.7 Å². The minimum atomic E-state index is -4.20. The third kappa shape index (κ3) is 4.92. The minimum Gasteiger partial charge on any atom is -0.497 e. The number of rotatable bonds is 7. The highest BCUT2D eigenvalue weighted by molar-refractivity contribution is 5.40. The van der Waals surface area contributed by atoms with Crippen molar-refractivity contribution < 1.29 is 22.6 Å². The molecule has 0 saturated heterocycles. The van der Waals surface area contributed by atoms with Gasteiger partial charge in [0, 0.05) is 18.2 Å². The summed E-state index contributed by atoms with van der Waals surface area (Å²) in [5.74, 6) is 1.14. The molecular formula is C14H18F3NO2. The van der Waals surface area contributed by atoms with Crippen molar-refractivity contribution in [3.63, 3.8) is 0 Å². The third-order valence-electron chi connectivity index (χ3n) is 3.07. The van der Waals surface area contributed by atoms with E-state index in [9.17, 15) is 13.2 Å². The Bertz CT molecular complexity index is 445. The average Bonchev–Trinajstić information content (AvgIpc) is 3.20. The summed E-state index contributed by atoms with van der Waals surface area (Å²) >= 11 is 0. The predicted octanol–water partition coefficient (Wildman–Crippen LogP) is 3.28. The SMILES string of the molecule is COc1ccc(OCCC(F)(F)F)c(CNC2CC2)c1. The molecule has 0 aliphatic heterocycles. The summed E-state index contributed by atoms with van der Waals surface area (Å²) < 4.78 is 46.8. The molecular weight excluding hydrogens is 271 g/mol. The highest BCUT2D eigenvalue weighted by Gasteiger charge is 2.27. The van der Waals surface area contributed by atoms with E-state index in [0.29, 0.717) is 24.1 Å². The van der Waals surface area contributed by atoms with Gasteiger partial charge in [-0.1, -0.05) is 0 Å². The first kappa shape index (κ1) is 15.0. The van der Waals surface area contributed by atoms with E-state index in [1.54, 1.807) is 25.3 Å². The quantitative estimate of drug-likeness (QED) is 0.835. The lowest BCUT2D eigenvalue weighted by molar-refractivity contribution is -0.139. The summed E-state index contributed by atoms with van der Waals surface area (Å²) in [5.41, 5.74) is 0.818. The number of nitrogens with one attached hydrogen (secondary N) is 1. The van der Waals surface area contributed by atoms with Crippen molar-refractivity contribution in [2.24, 2.45) is 0 Å². The zero-order valence-corrected chi connectivity index (χ0v) is 11.3. The number of benzene rings is 1. The third-order valence-corrected chi connectivity index (χ3v) is 3.07. The van der Waals surface area contributed by atoms with Crippen LogP contribution in [0.25, 0.3) is 0 Å². The Morgan fingerprint density at radius 2 is 2.05 bits per heavy atom. The van der Waals surface area contributed by atoms with Gasteiger partial charge in [0.05, 0.1) is 20.1 Å². The second-order valence-corrected chi connectivity index (χ2v) is 4.84. The summed E-state index contributed by atoms with van der Waals surface area (Å²) in [7, 11) is 1.55. The molecule has 0 heterocycles. The van der Waals surface area contributed by atoms with Crippen LogP contribution in [-0.2, 0) is 6.54 Å². The molecule has 1 aromatic rings. The fourth-order valence-corrected chi connectivity index (χ4v) is 1.78. The minimum absolute atomic E-state index is 0.369. The molecule has 0 unspecified atom stereocenters. The van der Waals surface area contributed by atoms with E-state index in [1.807, 2.05) is 0 Å². The Morgan fingerprint density at radius 3 is 2.65 bits per heavy atom. The number of hydrogen-bond donors (Lipinski definition) is 1. The second-order valence-electron chi connectivity index (χ2n) is 4.84. The smallest absolute Gasteiger partial charge is 0.392 e. The van der Waals surface area contributed by atoms with Gasteiger partial charge in [0.25, 0.3) is 0 Å². The largest absolute Gasteiger partial charge is 0.497 e. The van der Waals surface area contributed by atoms with E-state index in [2.05, 4.69) is 5.32 Å². The number of ether oxygens (including phenoxy) is 2. The van der Waals surface area contributed by atoms with Crippen molar-refractivity contribution in [1.29, 1.82) is 0 Å². The van der Waals surface area contributed by atoms with Crippen LogP contribution in [0, 0.1) is 0 Å². The average molecular weight is 289 g/mol. The van der Waals surface area contributed by atoms with Crippen LogP contribution in [-0.4, -0.2) is 25.9 Å². The van der Waals surface area contributed by atoms with Crippen molar-refractivity contribution in [2.45, 2.75) is 38.0 Å². The molecule has 2 rings (SSSR count). The van der Waals surface area contributed by atoms with Crippen molar-refractivity contribution in [1.82, 2.24) is 5.32 Å².